The Balaban J connectivity index is 2.24. The zero-order chi connectivity index (χ0) is 10.4. The minimum absolute atomic E-state index is 0.0121. The van der Waals surface area contributed by atoms with E-state index in [1.54, 1.807) is 0 Å². The molecule has 0 bridgehead atoms. The molecule has 82 valence electrons. The van der Waals surface area contributed by atoms with Gasteiger partial charge in [0.1, 0.15) is 0 Å². The average Bonchev–Trinajstić information content (AvgIpc) is 2.14. The smallest absolute Gasteiger partial charge is 0.220 e. The molecule has 0 saturated carbocycles. The summed E-state index contributed by atoms with van der Waals surface area (Å²) in [6.45, 7) is 5.84. The van der Waals surface area contributed by atoms with Crippen molar-refractivity contribution in [2.45, 2.75) is 32.3 Å². The standard InChI is InChI=1S/C10H20N2O2/c1-2-3-4-12-5-6-14-9(8-12)7-10(11)13/h9H,2-8H2,1H3,(H2,11,13). The molecular weight excluding hydrogens is 180 g/mol. The van der Waals surface area contributed by atoms with Gasteiger partial charge in [-0.3, -0.25) is 9.69 Å². The normalized spacial score (nSPS) is 23.6. The largest absolute Gasteiger partial charge is 0.375 e. The third-order valence-electron chi connectivity index (χ3n) is 2.48. The molecule has 0 aromatic heterocycles. The lowest BCUT2D eigenvalue weighted by atomic mass is 10.2. The second-order valence-electron chi connectivity index (χ2n) is 3.82. The Bertz CT molecular complexity index is 185. The molecular formula is C10H20N2O2. The summed E-state index contributed by atoms with van der Waals surface area (Å²) in [6, 6.07) is 0. The Hall–Kier alpha value is -0.610. The fourth-order valence-electron chi connectivity index (χ4n) is 1.71. The number of rotatable bonds is 5. The lowest BCUT2D eigenvalue weighted by Gasteiger charge is -2.32. The van der Waals surface area contributed by atoms with Gasteiger partial charge in [0.2, 0.25) is 5.91 Å². The number of hydrogen-bond donors (Lipinski definition) is 1. The maximum Gasteiger partial charge on any atom is 0.220 e. The lowest BCUT2D eigenvalue weighted by molar-refractivity contribution is -0.122. The third kappa shape index (κ3) is 4.07. The van der Waals surface area contributed by atoms with Gasteiger partial charge in [-0.2, -0.15) is 0 Å². The number of primary amides is 1. The molecule has 0 aromatic carbocycles. The Morgan fingerprint density at radius 2 is 2.43 bits per heavy atom. The topological polar surface area (TPSA) is 55.6 Å². The van der Waals surface area contributed by atoms with E-state index in [0.29, 0.717) is 6.42 Å². The summed E-state index contributed by atoms with van der Waals surface area (Å²) in [5, 5.41) is 0. The van der Waals surface area contributed by atoms with Crippen molar-refractivity contribution in [3.8, 4) is 0 Å². The number of amides is 1. The Morgan fingerprint density at radius 1 is 1.64 bits per heavy atom. The minimum Gasteiger partial charge on any atom is -0.375 e. The van der Waals surface area contributed by atoms with Gasteiger partial charge in [0.05, 0.1) is 19.1 Å². The Morgan fingerprint density at radius 3 is 3.07 bits per heavy atom. The second kappa shape index (κ2) is 5.98. The van der Waals surface area contributed by atoms with Crippen LogP contribution in [0.1, 0.15) is 26.2 Å². The van der Waals surface area contributed by atoms with Crippen molar-refractivity contribution in [1.82, 2.24) is 4.90 Å². The van der Waals surface area contributed by atoms with Crippen molar-refractivity contribution in [1.29, 1.82) is 0 Å². The predicted molar refractivity (Wildman–Crippen MR) is 54.9 cm³/mol. The van der Waals surface area contributed by atoms with E-state index in [1.807, 2.05) is 0 Å². The van der Waals surface area contributed by atoms with Crippen LogP contribution in [0.25, 0.3) is 0 Å². The quantitative estimate of drug-likeness (QED) is 0.697. The van der Waals surface area contributed by atoms with Gasteiger partial charge >= 0.3 is 0 Å². The summed E-state index contributed by atoms with van der Waals surface area (Å²) < 4.78 is 5.46. The highest BCUT2D eigenvalue weighted by atomic mass is 16.5. The third-order valence-corrected chi connectivity index (χ3v) is 2.48. The highest BCUT2D eigenvalue weighted by Gasteiger charge is 2.21. The predicted octanol–water partition coefficient (Wildman–Crippen LogP) is 0.363. The molecule has 0 aromatic rings. The summed E-state index contributed by atoms with van der Waals surface area (Å²) >= 11 is 0. The number of nitrogens with zero attached hydrogens (tertiary/aromatic N) is 1. The van der Waals surface area contributed by atoms with Crippen molar-refractivity contribution in [3.05, 3.63) is 0 Å². The van der Waals surface area contributed by atoms with E-state index in [1.165, 1.54) is 12.8 Å². The highest BCUT2D eigenvalue weighted by Crippen LogP contribution is 2.09. The van der Waals surface area contributed by atoms with Crippen molar-refractivity contribution >= 4 is 5.91 Å². The number of carbonyl (C=O) groups excluding carboxylic acids is 1. The number of morpholine rings is 1. The molecule has 0 radical (unpaired) electrons. The van der Waals surface area contributed by atoms with Crippen LogP contribution in [0.2, 0.25) is 0 Å². The molecule has 1 rings (SSSR count). The SMILES string of the molecule is CCCCN1CCOC(CC(N)=O)C1. The molecule has 1 unspecified atom stereocenters. The molecule has 0 spiro atoms. The second-order valence-corrected chi connectivity index (χ2v) is 3.82. The minimum atomic E-state index is -0.271. The summed E-state index contributed by atoms with van der Waals surface area (Å²) in [4.78, 5) is 13.1. The van der Waals surface area contributed by atoms with Crippen LogP contribution in [0, 0.1) is 0 Å². The summed E-state index contributed by atoms with van der Waals surface area (Å²) in [5.74, 6) is -0.271. The van der Waals surface area contributed by atoms with Gasteiger partial charge in [-0.15, -0.1) is 0 Å². The molecule has 1 aliphatic rings. The number of nitrogens with two attached hydrogens (primary N) is 1. The summed E-state index contributed by atoms with van der Waals surface area (Å²) in [7, 11) is 0. The molecule has 1 atom stereocenters. The van der Waals surface area contributed by atoms with E-state index in [9.17, 15) is 4.79 Å². The molecule has 1 aliphatic heterocycles. The summed E-state index contributed by atoms with van der Waals surface area (Å²) in [5.41, 5.74) is 5.13. The zero-order valence-corrected chi connectivity index (χ0v) is 8.87. The van der Waals surface area contributed by atoms with Gasteiger partial charge in [0, 0.05) is 13.1 Å². The van der Waals surface area contributed by atoms with E-state index in [-0.39, 0.29) is 12.0 Å². The summed E-state index contributed by atoms with van der Waals surface area (Å²) in [6.07, 6.45) is 2.78. The van der Waals surface area contributed by atoms with Crippen molar-refractivity contribution in [2.24, 2.45) is 5.73 Å². The van der Waals surface area contributed by atoms with Crippen LogP contribution in [0.4, 0.5) is 0 Å². The van der Waals surface area contributed by atoms with E-state index >= 15 is 0 Å². The molecule has 4 nitrogen and oxygen atoms in total. The van der Waals surface area contributed by atoms with Crippen molar-refractivity contribution in [2.75, 3.05) is 26.2 Å². The van der Waals surface area contributed by atoms with E-state index < -0.39 is 0 Å². The van der Waals surface area contributed by atoms with E-state index in [4.69, 9.17) is 10.5 Å². The van der Waals surface area contributed by atoms with Gasteiger partial charge in [0.25, 0.3) is 0 Å². The van der Waals surface area contributed by atoms with Crippen LogP contribution in [-0.2, 0) is 9.53 Å². The zero-order valence-electron chi connectivity index (χ0n) is 8.87. The van der Waals surface area contributed by atoms with Crippen LogP contribution in [0.3, 0.4) is 0 Å². The molecule has 14 heavy (non-hydrogen) atoms. The lowest BCUT2D eigenvalue weighted by Crippen LogP contribution is -2.44. The highest BCUT2D eigenvalue weighted by molar-refractivity contribution is 5.74. The van der Waals surface area contributed by atoms with Gasteiger partial charge in [-0.05, 0) is 13.0 Å². The first-order valence-electron chi connectivity index (χ1n) is 5.34. The first-order chi connectivity index (χ1) is 6.72. The van der Waals surface area contributed by atoms with Crippen LogP contribution >= 0.6 is 0 Å². The van der Waals surface area contributed by atoms with E-state index in [2.05, 4.69) is 11.8 Å². The molecule has 1 fully saturated rings. The van der Waals surface area contributed by atoms with Crippen molar-refractivity contribution in [3.63, 3.8) is 0 Å². The van der Waals surface area contributed by atoms with Gasteiger partial charge < -0.3 is 10.5 Å². The Labute approximate surface area is 85.4 Å². The maximum atomic E-state index is 10.7. The van der Waals surface area contributed by atoms with Crippen LogP contribution in [0.15, 0.2) is 0 Å². The van der Waals surface area contributed by atoms with Gasteiger partial charge in [-0.1, -0.05) is 13.3 Å². The number of hydrogen-bond acceptors (Lipinski definition) is 3. The monoisotopic (exact) mass is 200 g/mol. The number of carbonyl (C=O) groups is 1. The first-order valence-corrected chi connectivity index (χ1v) is 5.34. The average molecular weight is 200 g/mol. The fraction of sp³-hybridized carbons (Fsp3) is 0.900. The number of unbranched alkanes of at least 4 members (excludes halogenated alkanes) is 1. The maximum absolute atomic E-state index is 10.7. The Kier molecular flexibility index (Phi) is 4.90. The molecule has 1 amide bonds. The number of ether oxygens (including phenoxy) is 1. The molecule has 2 N–H and O–H groups in total. The molecule has 1 heterocycles. The fourth-order valence-corrected chi connectivity index (χ4v) is 1.71. The molecule has 0 aliphatic carbocycles. The van der Waals surface area contributed by atoms with Crippen molar-refractivity contribution < 1.29 is 9.53 Å². The van der Waals surface area contributed by atoms with Crippen LogP contribution in [0.5, 0.6) is 0 Å². The molecule has 4 heteroatoms. The van der Waals surface area contributed by atoms with Crippen LogP contribution < -0.4 is 5.73 Å². The van der Waals surface area contributed by atoms with E-state index in [0.717, 1.165) is 26.2 Å². The molecule has 1 saturated heterocycles. The van der Waals surface area contributed by atoms with Gasteiger partial charge in [0.15, 0.2) is 0 Å². The van der Waals surface area contributed by atoms with Gasteiger partial charge in [-0.25, -0.2) is 0 Å². The van der Waals surface area contributed by atoms with Crippen LogP contribution in [-0.4, -0.2) is 43.2 Å². The first kappa shape index (κ1) is 11.5.